The molecule has 3 aromatic rings. The quantitative estimate of drug-likeness (QED) is 0.658. The molecule has 0 bridgehead atoms. The molecule has 22 heavy (non-hydrogen) atoms. The van der Waals surface area contributed by atoms with Crippen molar-refractivity contribution in [3.8, 4) is 0 Å². The molecule has 0 N–H and O–H groups in total. The zero-order valence-electron chi connectivity index (χ0n) is 12.5. The van der Waals surface area contributed by atoms with Gasteiger partial charge in [-0.05, 0) is 0 Å². The summed E-state index contributed by atoms with van der Waals surface area (Å²) >= 11 is -0.0189. The third kappa shape index (κ3) is 3.16. The molecule has 0 amide bonds. The van der Waals surface area contributed by atoms with Gasteiger partial charge in [0.15, 0.2) is 0 Å². The number of unbranched alkanes of at least 4 members (excludes halogenated alkanes) is 1. The van der Waals surface area contributed by atoms with Gasteiger partial charge < -0.3 is 0 Å². The Morgan fingerprint density at radius 2 is 1.73 bits per heavy atom. The van der Waals surface area contributed by atoms with Gasteiger partial charge in [0.05, 0.1) is 0 Å². The predicted octanol–water partition coefficient (Wildman–Crippen LogP) is 2.79. The van der Waals surface area contributed by atoms with E-state index >= 15 is 0 Å². The van der Waals surface area contributed by atoms with Gasteiger partial charge in [0.1, 0.15) is 0 Å². The Bertz CT molecular complexity index is 822. The summed E-state index contributed by atoms with van der Waals surface area (Å²) in [4.78, 5) is 12.9. The van der Waals surface area contributed by atoms with Gasteiger partial charge in [-0.25, -0.2) is 0 Å². The number of hydrogen-bond donors (Lipinski definition) is 0. The Labute approximate surface area is 136 Å². The molecule has 0 radical (unpaired) electrons. The van der Waals surface area contributed by atoms with Crippen LogP contribution < -0.4 is 14.4 Å². The molecule has 0 atom stereocenters. The standard InChI is InChI=1S/C19H18O2Se/c1-2-3-12-17-19(22-14-9-5-4-6-10-14)18(20)15-11-7-8-13-16(15)21-17/h4-11,13H,2-3,12H2,1H3. The second kappa shape index (κ2) is 6.95. The van der Waals surface area contributed by atoms with Crippen LogP contribution in [0, 0.1) is 0 Å². The molecule has 0 spiro atoms. The third-order valence-corrected chi connectivity index (χ3v) is 5.91. The minimum atomic E-state index is -0.0189. The van der Waals surface area contributed by atoms with E-state index in [0.717, 1.165) is 29.5 Å². The van der Waals surface area contributed by atoms with Crippen molar-refractivity contribution in [2.45, 2.75) is 26.2 Å². The van der Waals surface area contributed by atoms with Gasteiger partial charge in [-0.1, -0.05) is 0 Å². The van der Waals surface area contributed by atoms with Crippen molar-refractivity contribution < 1.29 is 4.42 Å². The van der Waals surface area contributed by atoms with E-state index in [0.29, 0.717) is 11.0 Å². The average molecular weight is 357 g/mol. The van der Waals surface area contributed by atoms with Crippen LogP contribution in [0.15, 0.2) is 63.8 Å². The van der Waals surface area contributed by atoms with Crippen molar-refractivity contribution in [2.24, 2.45) is 0 Å². The molecule has 0 saturated heterocycles. The monoisotopic (exact) mass is 358 g/mol. The van der Waals surface area contributed by atoms with Crippen LogP contribution in [-0.4, -0.2) is 15.0 Å². The van der Waals surface area contributed by atoms with Crippen molar-refractivity contribution in [1.82, 2.24) is 0 Å². The second-order valence-corrected chi connectivity index (χ2v) is 7.47. The van der Waals surface area contributed by atoms with E-state index in [1.165, 1.54) is 4.46 Å². The van der Waals surface area contributed by atoms with Crippen LogP contribution in [0.25, 0.3) is 11.0 Å². The van der Waals surface area contributed by atoms with E-state index in [1.807, 2.05) is 42.5 Å². The summed E-state index contributed by atoms with van der Waals surface area (Å²) in [6.07, 6.45) is 2.97. The van der Waals surface area contributed by atoms with Crippen LogP contribution in [0.4, 0.5) is 0 Å². The molecule has 3 rings (SSSR count). The normalized spacial score (nSPS) is 11.0. The summed E-state index contributed by atoms with van der Waals surface area (Å²) in [6.45, 7) is 2.15. The van der Waals surface area contributed by atoms with Crippen LogP contribution in [-0.2, 0) is 6.42 Å². The van der Waals surface area contributed by atoms with E-state index < -0.39 is 0 Å². The Hall–Kier alpha value is -1.83. The summed E-state index contributed by atoms with van der Waals surface area (Å²) in [6, 6.07) is 17.7. The number of rotatable bonds is 5. The molecule has 2 nitrogen and oxygen atoms in total. The first kappa shape index (κ1) is 15.1. The Morgan fingerprint density at radius 3 is 2.50 bits per heavy atom. The molecule has 0 fully saturated rings. The fourth-order valence-electron chi connectivity index (χ4n) is 2.38. The molecule has 0 aliphatic rings. The molecule has 0 aliphatic heterocycles. The fourth-order valence-corrected chi connectivity index (χ4v) is 4.46. The molecule has 1 heterocycles. The number of benzene rings is 2. The molecule has 0 saturated carbocycles. The Morgan fingerprint density at radius 1 is 1.00 bits per heavy atom. The van der Waals surface area contributed by atoms with Crippen LogP contribution in [0.1, 0.15) is 25.5 Å². The van der Waals surface area contributed by atoms with Crippen LogP contribution in [0.2, 0.25) is 0 Å². The van der Waals surface area contributed by atoms with Gasteiger partial charge >= 0.3 is 136 Å². The van der Waals surface area contributed by atoms with Crippen molar-refractivity contribution in [3.63, 3.8) is 0 Å². The average Bonchev–Trinajstić information content (AvgIpc) is 2.57. The molecule has 1 aromatic heterocycles. The number of aryl methyl sites for hydroxylation is 1. The molecule has 2 aromatic carbocycles. The zero-order valence-corrected chi connectivity index (χ0v) is 14.3. The Balaban J connectivity index is 2.12. The summed E-state index contributed by atoms with van der Waals surface area (Å²) in [5.74, 6) is 0.870. The molecule has 0 aliphatic carbocycles. The fraction of sp³-hybridized carbons (Fsp3) is 0.211. The minimum absolute atomic E-state index is 0.0189. The molecule has 0 unspecified atom stereocenters. The second-order valence-electron chi connectivity index (χ2n) is 5.20. The number of hydrogen-bond acceptors (Lipinski definition) is 2. The maximum atomic E-state index is 12.9. The topological polar surface area (TPSA) is 30.2 Å². The predicted molar refractivity (Wildman–Crippen MR) is 92.6 cm³/mol. The van der Waals surface area contributed by atoms with Crippen LogP contribution >= 0.6 is 0 Å². The van der Waals surface area contributed by atoms with Crippen molar-refractivity contribution >= 4 is 34.8 Å². The number of fused-ring (bicyclic) bond motifs is 1. The summed E-state index contributed by atoms with van der Waals surface area (Å²) in [5.41, 5.74) is 0.836. The SMILES string of the molecule is CCCCc1oc2ccccc2c(=O)c1[Se]c1ccccc1. The van der Waals surface area contributed by atoms with Gasteiger partial charge in [0.2, 0.25) is 0 Å². The van der Waals surface area contributed by atoms with Gasteiger partial charge in [0, 0.05) is 0 Å². The molecular weight excluding hydrogens is 339 g/mol. The first-order valence-electron chi connectivity index (χ1n) is 7.57. The molecule has 3 heteroatoms. The Kier molecular flexibility index (Phi) is 4.77. The van der Waals surface area contributed by atoms with Gasteiger partial charge in [-0.3, -0.25) is 0 Å². The first-order valence-corrected chi connectivity index (χ1v) is 9.28. The van der Waals surface area contributed by atoms with Gasteiger partial charge in [0.25, 0.3) is 0 Å². The van der Waals surface area contributed by atoms with Gasteiger partial charge in [-0.2, -0.15) is 0 Å². The van der Waals surface area contributed by atoms with E-state index in [2.05, 4.69) is 19.1 Å². The third-order valence-electron chi connectivity index (χ3n) is 3.54. The maximum absolute atomic E-state index is 12.9. The van der Waals surface area contributed by atoms with Crippen LogP contribution in [0.5, 0.6) is 0 Å². The summed E-state index contributed by atoms with van der Waals surface area (Å²) in [7, 11) is 0. The first-order chi connectivity index (χ1) is 10.8. The zero-order chi connectivity index (χ0) is 15.4. The van der Waals surface area contributed by atoms with E-state index in [4.69, 9.17) is 4.42 Å². The van der Waals surface area contributed by atoms with Gasteiger partial charge in [-0.15, -0.1) is 0 Å². The molecule has 112 valence electrons. The summed E-state index contributed by atoms with van der Waals surface area (Å²) in [5, 5.41) is 0.690. The summed E-state index contributed by atoms with van der Waals surface area (Å²) < 4.78 is 8.13. The number of para-hydroxylation sites is 1. The van der Waals surface area contributed by atoms with E-state index in [1.54, 1.807) is 0 Å². The van der Waals surface area contributed by atoms with Crippen molar-refractivity contribution in [3.05, 3.63) is 70.6 Å². The molecular formula is C19H18O2Se. The van der Waals surface area contributed by atoms with Crippen molar-refractivity contribution in [2.75, 3.05) is 0 Å². The van der Waals surface area contributed by atoms with Crippen LogP contribution in [0.3, 0.4) is 0 Å². The van der Waals surface area contributed by atoms with Crippen molar-refractivity contribution in [1.29, 1.82) is 0 Å². The van der Waals surface area contributed by atoms with E-state index in [9.17, 15) is 4.79 Å². The van der Waals surface area contributed by atoms with E-state index in [-0.39, 0.29) is 20.4 Å².